The number of nitrogens with zero attached hydrogens (tertiary/aromatic N) is 4. The van der Waals surface area contributed by atoms with Gasteiger partial charge < -0.3 is 9.47 Å². The highest BCUT2D eigenvalue weighted by Crippen LogP contribution is 2.35. The Morgan fingerprint density at radius 3 is 3.00 bits per heavy atom. The second-order valence-corrected chi connectivity index (χ2v) is 7.66. The molecule has 3 aromatic rings. The number of amides is 1. The number of hydrogen-bond acceptors (Lipinski definition) is 6. The molecule has 8 heteroatoms. The Balaban J connectivity index is 1.75. The smallest absolute Gasteiger partial charge is 0.278 e. The number of rotatable bonds is 5. The Morgan fingerprint density at radius 2 is 2.33 bits per heavy atom. The molecule has 1 aliphatic rings. The zero-order chi connectivity index (χ0) is 19.0. The summed E-state index contributed by atoms with van der Waals surface area (Å²) in [5, 5.41) is 4.96. The maximum absolute atomic E-state index is 13.3. The van der Waals surface area contributed by atoms with E-state index < -0.39 is 0 Å². The molecule has 1 aliphatic heterocycles. The van der Waals surface area contributed by atoms with E-state index in [1.54, 1.807) is 29.8 Å². The molecule has 0 saturated carbocycles. The highest BCUT2D eigenvalue weighted by Gasteiger charge is 2.29. The minimum Gasteiger partial charge on any atom is -0.494 e. The van der Waals surface area contributed by atoms with Crippen LogP contribution in [0.5, 0.6) is 5.75 Å². The molecule has 0 spiro atoms. The highest BCUT2D eigenvalue weighted by atomic mass is 32.1. The van der Waals surface area contributed by atoms with E-state index >= 15 is 0 Å². The van der Waals surface area contributed by atoms with Crippen molar-refractivity contribution in [3.05, 3.63) is 35.7 Å². The normalized spacial score (nSPS) is 16.8. The lowest BCUT2D eigenvalue weighted by molar-refractivity contribution is 0.0909. The summed E-state index contributed by atoms with van der Waals surface area (Å²) in [6.07, 6.45) is 1.99. The van der Waals surface area contributed by atoms with Crippen LogP contribution in [0, 0.1) is 6.92 Å². The summed E-state index contributed by atoms with van der Waals surface area (Å²) in [7, 11) is 3.41. The van der Waals surface area contributed by atoms with Gasteiger partial charge in [-0.25, -0.2) is 4.98 Å². The number of hydrogen-bond donors (Lipinski definition) is 0. The second-order valence-electron chi connectivity index (χ2n) is 6.65. The second kappa shape index (κ2) is 7.28. The number of methoxy groups -OCH3 is 1. The first-order valence-electron chi connectivity index (χ1n) is 8.94. The maximum Gasteiger partial charge on any atom is 0.278 e. The van der Waals surface area contributed by atoms with E-state index in [2.05, 4.69) is 5.10 Å². The SMILES string of the molecule is COc1cccc2sc(N(C[C@@H]3CCCO3)C(=O)c3cc(C)nn3C)nc12. The molecule has 1 atom stereocenters. The van der Waals surface area contributed by atoms with Crippen LogP contribution >= 0.6 is 11.3 Å². The van der Waals surface area contributed by atoms with Crippen LogP contribution < -0.4 is 9.64 Å². The van der Waals surface area contributed by atoms with Crippen molar-refractivity contribution < 1.29 is 14.3 Å². The molecule has 1 amide bonds. The quantitative estimate of drug-likeness (QED) is 0.674. The summed E-state index contributed by atoms with van der Waals surface area (Å²) in [6.45, 7) is 3.10. The predicted octanol–water partition coefficient (Wildman–Crippen LogP) is 3.17. The molecule has 3 heterocycles. The van der Waals surface area contributed by atoms with Crippen LogP contribution in [0.15, 0.2) is 24.3 Å². The minimum atomic E-state index is -0.119. The summed E-state index contributed by atoms with van der Waals surface area (Å²) in [5.74, 6) is 0.586. The molecular weight excluding hydrogens is 364 g/mol. The first-order chi connectivity index (χ1) is 13.1. The Morgan fingerprint density at radius 1 is 1.48 bits per heavy atom. The number of para-hydroxylation sites is 1. The van der Waals surface area contributed by atoms with Gasteiger partial charge in [-0.2, -0.15) is 5.10 Å². The van der Waals surface area contributed by atoms with Crippen molar-refractivity contribution in [3.63, 3.8) is 0 Å². The Bertz CT molecular complexity index is 975. The van der Waals surface area contributed by atoms with Crippen LogP contribution in [0.2, 0.25) is 0 Å². The van der Waals surface area contributed by atoms with E-state index in [9.17, 15) is 4.79 Å². The van der Waals surface area contributed by atoms with E-state index in [1.165, 1.54) is 11.3 Å². The number of benzene rings is 1. The van der Waals surface area contributed by atoms with Crippen molar-refractivity contribution >= 4 is 32.6 Å². The number of carbonyl (C=O) groups excluding carboxylic acids is 1. The van der Waals surface area contributed by atoms with Gasteiger partial charge >= 0.3 is 0 Å². The van der Waals surface area contributed by atoms with Crippen LogP contribution in [-0.4, -0.2) is 47.0 Å². The van der Waals surface area contributed by atoms with E-state index in [0.29, 0.717) is 23.1 Å². The molecule has 0 N–H and O–H groups in total. The zero-order valence-electron chi connectivity index (χ0n) is 15.6. The fourth-order valence-electron chi connectivity index (χ4n) is 3.38. The largest absolute Gasteiger partial charge is 0.494 e. The Kier molecular flexibility index (Phi) is 4.84. The fraction of sp³-hybridized carbons (Fsp3) is 0.421. The fourth-order valence-corrected chi connectivity index (χ4v) is 4.37. The van der Waals surface area contributed by atoms with Crippen molar-refractivity contribution in [1.29, 1.82) is 0 Å². The molecule has 1 saturated heterocycles. The van der Waals surface area contributed by atoms with Crippen LogP contribution in [-0.2, 0) is 11.8 Å². The molecular formula is C19H22N4O3S. The summed E-state index contributed by atoms with van der Waals surface area (Å²) in [4.78, 5) is 19.8. The lowest BCUT2D eigenvalue weighted by Crippen LogP contribution is -2.38. The monoisotopic (exact) mass is 386 g/mol. The van der Waals surface area contributed by atoms with Crippen molar-refractivity contribution in [3.8, 4) is 5.75 Å². The molecule has 7 nitrogen and oxygen atoms in total. The average Bonchev–Trinajstić information content (AvgIpc) is 3.38. The number of fused-ring (bicyclic) bond motifs is 1. The van der Waals surface area contributed by atoms with Gasteiger partial charge in [0, 0.05) is 13.7 Å². The average molecular weight is 386 g/mol. The third-order valence-electron chi connectivity index (χ3n) is 4.70. The van der Waals surface area contributed by atoms with Crippen LogP contribution in [0.4, 0.5) is 5.13 Å². The lowest BCUT2D eigenvalue weighted by Gasteiger charge is -2.23. The number of aromatic nitrogens is 3. The first-order valence-corrected chi connectivity index (χ1v) is 9.76. The van der Waals surface area contributed by atoms with E-state index in [0.717, 1.165) is 35.4 Å². The zero-order valence-corrected chi connectivity index (χ0v) is 16.5. The van der Waals surface area contributed by atoms with Gasteiger partial charge in [-0.3, -0.25) is 14.4 Å². The molecule has 27 heavy (non-hydrogen) atoms. The molecule has 0 unspecified atom stereocenters. The van der Waals surface area contributed by atoms with Gasteiger partial charge in [0.1, 0.15) is 17.0 Å². The summed E-state index contributed by atoms with van der Waals surface area (Å²) in [5.41, 5.74) is 2.12. The molecule has 0 bridgehead atoms. The van der Waals surface area contributed by atoms with E-state index in [-0.39, 0.29) is 12.0 Å². The van der Waals surface area contributed by atoms with Gasteiger partial charge in [0.15, 0.2) is 5.13 Å². The molecule has 0 radical (unpaired) electrons. The van der Waals surface area contributed by atoms with Gasteiger partial charge in [0.25, 0.3) is 5.91 Å². The number of carbonyl (C=O) groups is 1. The van der Waals surface area contributed by atoms with Gasteiger partial charge in [-0.1, -0.05) is 17.4 Å². The third kappa shape index (κ3) is 3.42. The lowest BCUT2D eigenvalue weighted by atomic mass is 10.2. The first kappa shape index (κ1) is 17.9. The molecule has 4 rings (SSSR count). The van der Waals surface area contributed by atoms with Crippen molar-refractivity contribution in [2.24, 2.45) is 7.05 Å². The number of anilines is 1. The summed E-state index contributed by atoms with van der Waals surface area (Å²) >= 11 is 1.48. The van der Waals surface area contributed by atoms with Gasteiger partial charge in [0.2, 0.25) is 0 Å². The van der Waals surface area contributed by atoms with E-state index in [1.807, 2.05) is 25.1 Å². The number of thiazole rings is 1. The maximum atomic E-state index is 13.3. The number of ether oxygens (including phenoxy) is 2. The van der Waals surface area contributed by atoms with Crippen molar-refractivity contribution in [1.82, 2.24) is 14.8 Å². The Hall–Kier alpha value is -2.45. The molecule has 1 fully saturated rings. The van der Waals surface area contributed by atoms with Gasteiger partial charge in [-0.05, 0) is 38.0 Å². The third-order valence-corrected chi connectivity index (χ3v) is 5.74. The summed E-state index contributed by atoms with van der Waals surface area (Å²) < 4.78 is 13.8. The topological polar surface area (TPSA) is 69.5 Å². The van der Waals surface area contributed by atoms with Crippen LogP contribution in [0.1, 0.15) is 29.0 Å². The van der Waals surface area contributed by atoms with Crippen LogP contribution in [0.25, 0.3) is 10.2 Å². The molecule has 1 aromatic carbocycles. The molecule has 142 valence electrons. The van der Waals surface area contributed by atoms with E-state index in [4.69, 9.17) is 14.5 Å². The predicted molar refractivity (Wildman–Crippen MR) is 105 cm³/mol. The molecule has 0 aliphatic carbocycles. The minimum absolute atomic E-state index is 0.0252. The highest BCUT2D eigenvalue weighted by molar-refractivity contribution is 7.22. The summed E-state index contributed by atoms with van der Waals surface area (Å²) in [6, 6.07) is 7.60. The standard InChI is InChI=1S/C19H22N4O3S/c1-12-10-14(22(2)21-12)18(24)23(11-13-6-5-9-26-13)19-20-17-15(25-3)7-4-8-16(17)27-19/h4,7-8,10,13H,5-6,9,11H2,1-3H3/t13-/m0/s1. The molecule has 2 aromatic heterocycles. The number of aryl methyl sites for hydroxylation is 2. The van der Waals surface area contributed by atoms with Crippen LogP contribution in [0.3, 0.4) is 0 Å². The van der Waals surface area contributed by atoms with Gasteiger partial charge in [-0.15, -0.1) is 0 Å². The Labute approximate surface area is 161 Å². The van der Waals surface area contributed by atoms with Crippen molar-refractivity contribution in [2.45, 2.75) is 25.9 Å². The van der Waals surface area contributed by atoms with Gasteiger partial charge in [0.05, 0.1) is 30.2 Å². The van der Waals surface area contributed by atoms with Crippen molar-refractivity contribution in [2.75, 3.05) is 25.2 Å².